The average Bonchev–Trinajstić information content (AvgIpc) is 2.42. The Balaban J connectivity index is 2.17. The van der Waals surface area contributed by atoms with Gasteiger partial charge in [-0.1, -0.05) is 0 Å². The van der Waals surface area contributed by atoms with E-state index >= 15 is 0 Å². The fourth-order valence-electron chi connectivity index (χ4n) is 2.26. The summed E-state index contributed by atoms with van der Waals surface area (Å²) in [6, 6.07) is 10.4. The molecule has 0 aromatic heterocycles. The van der Waals surface area contributed by atoms with Gasteiger partial charge in [0.25, 0.3) is 0 Å². The maximum atomic E-state index is 9.90. The summed E-state index contributed by atoms with van der Waals surface area (Å²) in [4.78, 5) is 0. The molecule has 0 radical (unpaired) electrons. The van der Waals surface area contributed by atoms with Crippen LogP contribution in [0.1, 0.15) is 31.0 Å². The summed E-state index contributed by atoms with van der Waals surface area (Å²) in [6.07, 6.45) is 0. The van der Waals surface area contributed by atoms with Gasteiger partial charge in [0.2, 0.25) is 0 Å². The number of aryl methyl sites for hydroxylation is 1. The molecule has 0 saturated heterocycles. The maximum Gasteiger partial charge on any atom is 0.124 e. The minimum atomic E-state index is -0.0813. The monoisotopic (exact) mass is 287 g/mol. The van der Waals surface area contributed by atoms with Crippen molar-refractivity contribution in [3.05, 3.63) is 47.5 Å². The van der Waals surface area contributed by atoms with E-state index in [-0.39, 0.29) is 17.5 Å². The SMILES string of the molecule is CCOc1ccc(NC(C)c2ccc(O)cc2O)c(C)c1. The van der Waals surface area contributed by atoms with E-state index in [4.69, 9.17) is 4.74 Å². The molecule has 2 aromatic rings. The number of phenolic OH excluding ortho intramolecular Hbond substituents is 2. The van der Waals surface area contributed by atoms with Gasteiger partial charge >= 0.3 is 0 Å². The molecule has 2 aromatic carbocycles. The molecule has 0 aliphatic rings. The van der Waals surface area contributed by atoms with Gasteiger partial charge in [-0.25, -0.2) is 0 Å². The summed E-state index contributed by atoms with van der Waals surface area (Å²) in [7, 11) is 0. The molecule has 0 heterocycles. The van der Waals surface area contributed by atoms with Gasteiger partial charge in [0, 0.05) is 17.3 Å². The third-order valence-corrected chi connectivity index (χ3v) is 3.36. The third kappa shape index (κ3) is 3.60. The summed E-state index contributed by atoms with van der Waals surface area (Å²) >= 11 is 0. The van der Waals surface area contributed by atoms with E-state index in [1.807, 2.05) is 39.0 Å². The molecule has 0 spiro atoms. The van der Waals surface area contributed by atoms with Crippen molar-refractivity contribution >= 4 is 5.69 Å². The van der Waals surface area contributed by atoms with Crippen LogP contribution in [0.3, 0.4) is 0 Å². The molecule has 21 heavy (non-hydrogen) atoms. The first-order valence-electron chi connectivity index (χ1n) is 7.03. The number of phenols is 2. The summed E-state index contributed by atoms with van der Waals surface area (Å²) in [5, 5.41) is 22.6. The van der Waals surface area contributed by atoms with Crippen molar-refractivity contribution in [2.24, 2.45) is 0 Å². The van der Waals surface area contributed by atoms with Gasteiger partial charge in [0.15, 0.2) is 0 Å². The van der Waals surface area contributed by atoms with Crippen LogP contribution in [0.2, 0.25) is 0 Å². The lowest BCUT2D eigenvalue weighted by Crippen LogP contribution is -2.08. The van der Waals surface area contributed by atoms with Crippen LogP contribution in [0.5, 0.6) is 17.2 Å². The molecule has 0 bridgehead atoms. The van der Waals surface area contributed by atoms with Crippen LogP contribution in [0.15, 0.2) is 36.4 Å². The summed E-state index contributed by atoms with van der Waals surface area (Å²) in [5.74, 6) is 0.986. The Kier molecular flexibility index (Phi) is 4.58. The quantitative estimate of drug-likeness (QED) is 0.778. The van der Waals surface area contributed by atoms with Crippen LogP contribution in [0, 0.1) is 6.92 Å². The molecule has 2 rings (SSSR count). The highest BCUT2D eigenvalue weighted by Crippen LogP contribution is 2.31. The zero-order valence-corrected chi connectivity index (χ0v) is 12.6. The smallest absolute Gasteiger partial charge is 0.124 e. The van der Waals surface area contributed by atoms with Crippen molar-refractivity contribution in [2.75, 3.05) is 11.9 Å². The maximum absolute atomic E-state index is 9.90. The lowest BCUT2D eigenvalue weighted by Gasteiger charge is -2.19. The Morgan fingerprint density at radius 1 is 1.14 bits per heavy atom. The zero-order chi connectivity index (χ0) is 15.4. The first-order valence-corrected chi connectivity index (χ1v) is 7.03. The average molecular weight is 287 g/mol. The molecule has 1 unspecified atom stereocenters. The van der Waals surface area contributed by atoms with Gasteiger partial charge in [-0.2, -0.15) is 0 Å². The molecule has 0 aliphatic heterocycles. The topological polar surface area (TPSA) is 61.7 Å². The Bertz CT molecular complexity index is 625. The second-order valence-electron chi connectivity index (χ2n) is 5.02. The summed E-state index contributed by atoms with van der Waals surface area (Å²) < 4.78 is 5.47. The molecular weight excluding hydrogens is 266 g/mol. The fourth-order valence-corrected chi connectivity index (χ4v) is 2.26. The number of ether oxygens (including phenoxy) is 1. The van der Waals surface area contributed by atoms with Gasteiger partial charge in [-0.15, -0.1) is 0 Å². The van der Waals surface area contributed by atoms with Crippen LogP contribution < -0.4 is 10.1 Å². The molecule has 4 heteroatoms. The molecule has 3 N–H and O–H groups in total. The van der Waals surface area contributed by atoms with Gasteiger partial charge in [0.1, 0.15) is 17.2 Å². The second-order valence-corrected chi connectivity index (χ2v) is 5.02. The highest BCUT2D eigenvalue weighted by atomic mass is 16.5. The standard InChI is InChI=1S/C17H21NO3/c1-4-21-14-6-8-16(11(2)9-14)18-12(3)15-7-5-13(19)10-17(15)20/h5-10,12,18-20H,4H2,1-3H3. The molecule has 1 atom stereocenters. The number of hydrogen-bond acceptors (Lipinski definition) is 4. The van der Waals surface area contributed by atoms with Crippen LogP contribution >= 0.6 is 0 Å². The van der Waals surface area contributed by atoms with Gasteiger partial charge in [-0.05, 0) is 56.7 Å². The Labute approximate surface area is 125 Å². The first kappa shape index (κ1) is 15.0. The van der Waals surface area contributed by atoms with Crippen molar-refractivity contribution in [1.29, 1.82) is 0 Å². The van der Waals surface area contributed by atoms with E-state index in [1.54, 1.807) is 12.1 Å². The van der Waals surface area contributed by atoms with E-state index in [1.165, 1.54) is 6.07 Å². The Morgan fingerprint density at radius 3 is 2.52 bits per heavy atom. The molecule has 112 valence electrons. The normalized spacial score (nSPS) is 12.0. The van der Waals surface area contributed by atoms with E-state index in [0.717, 1.165) is 22.6 Å². The molecular formula is C17H21NO3. The highest BCUT2D eigenvalue weighted by molar-refractivity contribution is 5.55. The molecule has 0 saturated carbocycles. The van der Waals surface area contributed by atoms with Crippen molar-refractivity contribution in [3.8, 4) is 17.2 Å². The van der Waals surface area contributed by atoms with Crippen molar-refractivity contribution in [3.63, 3.8) is 0 Å². The predicted molar refractivity (Wildman–Crippen MR) is 84.2 cm³/mol. The number of hydrogen-bond donors (Lipinski definition) is 3. The van der Waals surface area contributed by atoms with Gasteiger partial charge < -0.3 is 20.3 Å². The third-order valence-electron chi connectivity index (χ3n) is 3.36. The van der Waals surface area contributed by atoms with E-state index < -0.39 is 0 Å². The lowest BCUT2D eigenvalue weighted by molar-refractivity contribution is 0.340. The molecule has 0 amide bonds. The van der Waals surface area contributed by atoms with E-state index in [0.29, 0.717) is 6.61 Å². The van der Waals surface area contributed by atoms with Crippen molar-refractivity contribution in [2.45, 2.75) is 26.8 Å². The number of rotatable bonds is 5. The molecule has 0 fully saturated rings. The van der Waals surface area contributed by atoms with Crippen LogP contribution in [-0.2, 0) is 0 Å². The number of anilines is 1. The lowest BCUT2D eigenvalue weighted by atomic mass is 10.1. The minimum absolute atomic E-state index is 0.0562. The predicted octanol–water partition coefficient (Wildman–Crippen LogP) is 3.98. The largest absolute Gasteiger partial charge is 0.508 e. The fraction of sp³-hybridized carbons (Fsp3) is 0.294. The minimum Gasteiger partial charge on any atom is -0.508 e. The number of benzene rings is 2. The first-order chi connectivity index (χ1) is 10.0. The number of aromatic hydroxyl groups is 2. The Hall–Kier alpha value is -2.36. The van der Waals surface area contributed by atoms with Crippen molar-refractivity contribution < 1.29 is 14.9 Å². The van der Waals surface area contributed by atoms with Crippen LogP contribution in [0.25, 0.3) is 0 Å². The van der Waals surface area contributed by atoms with E-state index in [9.17, 15) is 10.2 Å². The zero-order valence-electron chi connectivity index (χ0n) is 12.6. The highest BCUT2D eigenvalue weighted by Gasteiger charge is 2.12. The second kappa shape index (κ2) is 6.39. The van der Waals surface area contributed by atoms with E-state index in [2.05, 4.69) is 5.32 Å². The van der Waals surface area contributed by atoms with Gasteiger partial charge in [-0.3, -0.25) is 0 Å². The molecule has 4 nitrogen and oxygen atoms in total. The van der Waals surface area contributed by atoms with Crippen molar-refractivity contribution in [1.82, 2.24) is 0 Å². The van der Waals surface area contributed by atoms with Crippen LogP contribution in [0.4, 0.5) is 5.69 Å². The summed E-state index contributed by atoms with van der Waals surface area (Å²) in [6.45, 7) is 6.57. The van der Waals surface area contributed by atoms with Crippen LogP contribution in [-0.4, -0.2) is 16.8 Å². The summed E-state index contributed by atoms with van der Waals surface area (Å²) in [5.41, 5.74) is 2.80. The Morgan fingerprint density at radius 2 is 1.90 bits per heavy atom. The van der Waals surface area contributed by atoms with Gasteiger partial charge in [0.05, 0.1) is 12.6 Å². The molecule has 0 aliphatic carbocycles. The number of nitrogens with one attached hydrogen (secondary N) is 1.